The molecule has 3 heterocycles. The zero-order chi connectivity index (χ0) is 18.4. The highest BCUT2D eigenvalue weighted by Gasteiger charge is 2.52. The van der Waals surface area contributed by atoms with Gasteiger partial charge in [0.25, 0.3) is 0 Å². The van der Waals surface area contributed by atoms with Crippen molar-refractivity contribution in [1.29, 1.82) is 0 Å². The van der Waals surface area contributed by atoms with Gasteiger partial charge < -0.3 is 9.30 Å². The zero-order valence-corrected chi connectivity index (χ0v) is 16.1. The standard InChI is InChI=1S/C17H21ClN4O3S/c1-21-12-19-20-16(21)13-10-22(11-17(13)6-8-25-9-7-17)26(23,24)15-5-3-2-4-14(15)18/h2-5,12-13H,6-11H2,1H3. The van der Waals surface area contributed by atoms with E-state index in [1.165, 1.54) is 0 Å². The quantitative estimate of drug-likeness (QED) is 0.793. The first-order valence-corrected chi connectivity index (χ1v) is 10.4. The maximum atomic E-state index is 13.2. The van der Waals surface area contributed by atoms with E-state index in [0.29, 0.717) is 26.3 Å². The molecule has 1 aromatic heterocycles. The molecular weight excluding hydrogens is 376 g/mol. The summed E-state index contributed by atoms with van der Waals surface area (Å²) in [5.41, 5.74) is -0.187. The summed E-state index contributed by atoms with van der Waals surface area (Å²) in [6.07, 6.45) is 3.27. The molecule has 1 spiro atoms. The van der Waals surface area contributed by atoms with Gasteiger partial charge in [0.1, 0.15) is 17.0 Å². The first-order chi connectivity index (χ1) is 12.4. The summed E-state index contributed by atoms with van der Waals surface area (Å²) in [6, 6.07) is 6.59. The molecule has 26 heavy (non-hydrogen) atoms. The Morgan fingerprint density at radius 3 is 2.65 bits per heavy atom. The van der Waals surface area contributed by atoms with Crippen molar-refractivity contribution in [2.75, 3.05) is 26.3 Å². The summed E-state index contributed by atoms with van der Waals surface area (Å²) < 4.78 is 35.5. The average Bonchev–Trinajstić information content (AvgIpc) is 3.20. The largest absolute Gasteiger partial charge is 0.381 e. The van der Waals surface area contributed by atoms with Crippen LogP contribution in [-0.4, -0.2) is 53.8 Å². The van der Waals surface area contributed by atoms with Crippen molar-refractivity contribution in [3.8, 4) is 0 Å². The van der Waals surface area contributed by atoms with Gasteiger partial charge in [0.2, 0.25) is 10.0 Å². The van der Waals surface area contributed by atoms with Gasteiger partial charge in [0.15, 0.2) is 0 Å². The molecule has 0 N–H and O–H groups in total. The van der Waals surface area contributed by atoms with Crippen LogP contribution >= 0.6 is 11.6 Å². The highest BCUT2D eigenvalue weighted by atomic mass is 35.5. The van der Waals surface area contributed by atoms with Gasteiger partial charge in [-0.1, -0.05) is 23.7 Å². The molecule has 7 nitrogen and oxygen atoms in total. The Morgan fingerprint density at radius 2 is 2.00 bits per heavy atom. The Bertz CT molecular complexity index is 908. The van der Waals surface area contributed by atoms with Crippen LogP contribution < -0.4 is 0 Å². The van der Waals surface area contributed by atoms with Crippen LogP contribution in [0.25, 0.3) is 0 Å². The molecule has 0 radical (unpaired) electrons. The number of halogens is 1. The third-order valence-electron chi connectivity index (χ3n) is 5.62. The Morgan fingerprint density at radius 1 is 1.27 bits per heavy atom. The van der Waals surface area contributed by atoms with Crippen molar-refractivity contribution in [2.24, 2.45) is 12.5 Å². The van der Waals surface area contributed by atoms with Crippen LogP contribution in [0.15, 0.2) is 35.5 Å². The summed E-state index contributed by atoms with van der Waals surface area (Å²) in [5.74, 6) is 0.805. The first kappa shape index (κ1) is 17.9. The predicted molar refractivity (Wildman–Crippen MR) is 96.4 cm³/mol. The lowest BCUT2D eigenvalue weighted by Gasteiger charge is -2.37. The summed E-state index contributed by atoms with van der Waals surface area (Å²) in [7, 11) is -1.78. The van der Waals surface area contributed by atoms with Gasteiger partial charge in [0.05, 0.1) is 5.02 Å². The van der Waals surface area contributed by atoms with E-state index in [4.69, 9.17) is 16.3 Å². The molecule has 0 amide bonds. The Kier molecular flexibility index (Phi) is 4.54. The summed E-state index contributed by atoms with van der Waals surface area (Å²) >= 11 is 6.17. The van der Waals surface area contributed by atoms with E-state index in [9.17, 15) is 8.42 Å². The number of hydrogen-bond acceptors (Lipinski definition) is 5. The van der Waals surface area contributed by atoms with Gasteiger partial charge in [-0.05, 0) is 30.4 Å². The number of rotatable bonds is 3. The van der Waals surface area contributed by atoms with E-state index in [1.807, 2.05) is 11.6 Å². The van der Waals surface area contributed by atoms with Crippen LogP contribution in [0.4, 0.5) is 0 Å². The summed E-state index contributed by atoms with van der Waals surface area (Å²) in [5, 5.41) is 8.52. The van der Waals surface area contributed by atoms with Gasteiger partial charge in [-0.3, -0.25) is 0 Å². The number of benzene rings is 1. The zero-order valence-electron chi connectivity index (χ0n) is 14.5. The molecule has 1 aromatic carbocycles. The Balaban J connectivity index is 1.74. The fourth-order valence-corrected chi connectivity index (χ4v) is 6.19. The smallest absolute Gasteiger partial charge is 0.244 e. The lowest BCUT2D eigenvalue weighted by molar-refractivity contribution is 0.0131. The minimum atomic E-state index is -3.68. The van der Waals surface area contributed by atoms with Crippen molar-refractivity contribution in [3.63, 3.8) is 0 Å². The molecule has 0 saturated carbocycles. The minimum absolute atomic E-state index is 0.0174. The van der Waals surface area contributed by atoms with Crippen molar-refractivity contribution >= 4 is 21.6 Å². The van der Waals surface area contributed by atoms with Crippen LogP contribution in [0, 0.1) is 5.41 Å². The second-order valence-corrected chi connectivity index (χ2v) is 9.37. The molecule has 2 aromatic rings. The molecule has 1 atom stereocenters. The molecule has 9 heteroatoms. The van der Waals surface area contributed by atoms with Crippen molar-refractivity contribution in [3.05, 3.63) is 41.4 Å². The van der Waals surface area contributed by atoms with Crippen LogP contribution in [0.1, 0.15) is 24.6 Å². The van der Waals surface area contributed by atoms with Gasteiger partial charge in [0, 0.05) is 39.3 Å². The average molecular weight is 397 g/mol. The van der Waals surface area contributed by atoms with Gasteiger partial charge in [-0.2, -0.15) is 4.31 Å². The van der Waals surface area contributed by atoms with Gasteiger partial charge >= 0.3 is 0 Å². The Hall–Kier alpha value is -1.48. The molecule has 0 aliphatic carbocycles. The van der Waals surface area contributed by atoms with Crippen LogP contribution in [-0.2, 0) is 21.8 Å². The molecule has 4 rings (SSSR count). The minimum Gasteiger partial charge on any atom is -0.381 e. The maximum absolute atomic E-state index is 13.2. The van der Waals surface area contributed by atoms with Crippen LogP contribution in [0.3, 0.4) is 0 Å². The normalized spacial score (nSPS) is 23.5. The molecule has 140 valence electrons. The summed E-state index contributed by atoms with van der Waals surface area (Å²) in [4.78, 5) is 0.155. The molecular formula is C17H21ClN4O3S. The topological polar surface area (TPSA) is 77.3 Å². The molecule has 2 aliphatic rings. The van der Waals surface area contributed by atoms with E-state index in [2.05, 4.69) is 10.2 Å². The number of sulfonamides is 1. The molecule has 1 unspecified atom stereocenters. The number of hydrogen-bond donors (Lipinski definition) is 0. The number of ether oxygens (including phenoxy) is 1. The van der Waals surface area contributed by atoms with E-state index in [-0.39, 0.29) is 21.3 Å². The second kappa shape index (κ2) is 6.60. The SMILES string of the molecule is Cn1cnnc1C1CN(S(=O)(=O)c2ccccc2Cl)CC12CCOCC2. The highest BCUT2D eigenvalue weighted by molar-refractivity contribution is 7.89. The lowest BCUT2D eigenvalue weighted by Crippen LogP contribution is -2.37. The fraction of sp³-hybridized carbons (Fsp3) is 0.529. The molecule has 2 aliphatic heterocycles. The third-order valence-corrected chi connectivity index (χ3v) is 7.93. The van der Waals surface area contributed by atoms with Gasteiger partial charge in [-0.25, -0.2) is 8.42 Å². The fourth-order valence-electron chi connectivity index (χ4n) is 4.15. The molecule has 0 bridgehead atoms. The number of aryl methyl sites for hydroxylation is 1. The summed E-state index contributed by atoms with van der Waals surface area (Å²) in [6.45, 7) is 2.09. The lowest BCUT2D eigenvalue weighted by atomic mass is 9.72. The number of nitrogens with zero attached hydrogens (tertiary/aromatic N) is 4. The first-order valence-electron chi connectivity index (χ1n) is 8.60. The van der Waals surface area contributed by atoms with Crippen LogP contribution in [0.5, 0.6) is 0 Å². The van der Waals surface area contributed by atoms with Gasteiger partial charge in [-0.15, -0.1) is 10.2 Å². The highest BCUT2D eigenvalue weighted by Crippen LogP contribution is 2.50. The molecule has 2 saturated heterocycles. The monoisotopic (exact) mass is 396 g/mol. The van der Waals surface area contributed by atoms with Crippen LogP contribution in [0.2, 0.25) is 5.02 Å². The molecule has 2 fully saturated rings. The second-order valence-electron chi connectivity index (χ2n) is 7.06. The maximum Gasteiger partial charge on any atom is 0.244 e. The third kappa shape index (κ3) is 2.85. The Labute approximate surface area is 158 Å². The van der Waals surface area contributed by atoms with Crippen molar-refractivity contribution in [1.82, 2.24) is 19.1 Å². The van der Waals surface area contributed by atoms with E-state index in [1.54, 1.807) is 34.9 Å². The van der Waals surface area contributed by atoms with E-state index in [0.717, 1.165) is 18.7 Å². The van der Waals surface area contributed by atoms with Crippen molar-refractivity contribution in [2.45, 2.75) is 23.7 Å². The van der Waals surface area contributed by atoms with E-state index >= 15 is 0 Å². The number of aromatic nitrogens is 3. The predicted octanol–water partition coefficient (Wildman–Crippen LogP) is 2.05. The van der Waals surface area contributed by atoms with Crippen molar-refractivity contribution < 1.29 is 13.2 Å². The van der Waals surface area contributed by atoms with E-state index < -0.39 is 10.0 Å².